The smallest absolute Gasteiger partial charge is 0.306 e. The molecular weight excluding hydrogens is 427 g/mol. The van der Waals surface area contributed by atoms with E-state index >= 15 is 0 Å². The molecule has 8 nitrogen and oxygen atoms in total. The Hall–Kier alpha value is -2.98. The van der Waals surface area contributed by atoms with Gasteiger partial charge >= 0.3 is 5.97 Å². The van der Waals surface area contributed by atoms with Gasteiger partial charge in [0.2, 0.25) is 10.0 Å². The average Bonchev–Trinajstić information content (AvgIpc) is 2.76. The number of nitrogens with zero attached hydrogens (tertiary/aromatic N) is 1. The quantitative estimate of drug-likeness (QED) is 0.553. The van der Waals surface area contributed by atoms with Crippen molar-refractivity contribution in [3.63, 3.8) is 0 Å². The summed E-state index contributed by atoms with van der Waals surface area (Å²) in [5.41, 5.74) is 1.33. The van der Waals surface area contributed by atoms with Gasteiger partial charge in [0.25, 0.3) is 5.91 Å². The zero-order chi connectivity index (χ0) is 23.0. The van der Waals surface area contributed by atoms with Crippen LogP contribution in [-0.2, 0) is 37.3 Å². The largest absolute Gasteiger partial charge is 0.494 e. The molecule has 2 aromatic carbocycles. The number of hydrogen-bond acceptors (Lipinski definition) is 6. The number of aryl methyl sites for hydroxylation is 1. The van der Waals surface area contributed by atoms with Gasteiger partial charge in [0.05, 0.1) is 12.0 Å². The third-order valence-corrected chi connectivity index (χ3v) is 5.97. The van der Waals surface area contributed by atoms with E-state index in [9.17, 15) is 22.4 Å². The van der Waals surface area contributed by atoms with Crippen LogP contribution >= 0.6 is 0 Å². The highest BCUT2D eigenvalue weighted by Gasteiger charge is 2.14. The number of likely N-dealkylation sites (N-methyl/N-ethyl adjacent to an activating group) is 1. The Bertz CT molecular complexity index is 1020. The van der Waals surface area contributed by atoms with Gasteiger partial charge in [-0.25, -0.2) is 17.5 Å². The number of hydrogen-bond donors (Lipinski definition) is 1. The molecule has 2 rings (SSSR count). The van der Waals surface area contributed by atoms with Crippen molar-refractivity contribution in [2.45, 2.75) is 24.3 Å². The Balaban J connectivity index is 1.78. The van der Waals surface area contributed by atoms with Crippen molar-refractivity contribution in [3.8, 4) is 5.75 Å². The first-order chi connectivity index (χ1) is 14.7. The van der Waals surface area contributed by atoms with Crippen LogP contribution in [0.1, 0.15) is 17.5 Å². The molecule has 0 unspecified atom stereocenters. The molecule has 0 fully saturated rings. The number of carbonyl (C=O) groups excluding carboxylic acids is 2. The van der Waals surface area contributed by atoms with Crippen molar-refractivity contribution in [2.75, 3.05) is 27.8 Å². The van der Waals surface area contributed by atoms with E-state index in [4.69, 9.17) is 9.47 Å². The molecule has 168 valence electrons. The van der Waals surface area contributed by atoms with E-state index in [1.165, 1.54) is 50.4 Å². The Kier molecular flexibility index (Phi) is 8.52. The molecular formula is C21H25FN2O6S. The molecule has 1 amide bonds. The van der Waals surface area contributed by atoms with E-state index < -0.39 is 34.3 Å². The zero-order valence-electron chi connectivity index (χ0n) is 17.6. The van der Waals surface area contributed by atoms with E-state index in [-0.39, 0.29) is 23.6 Å². The van der Waals surface area contributed by atoms with Gasteiger partial charge in [0.15, 0.2) is 18.2 Å². The molecule has 2 aromatic rings. The summed E-state index contributed by atoms with van der Waals surface area (Å²) in [5.74, 6) is -1.39. The lowest BCUT2D eigenvalue weighted by molar-refractivity contribution is -0.151. The highest BCUT2D eigenvalue weighted by molar-refractivity contribution is 7.89. The summed E-state index contributed by atoms with van der Waals surface area (Å²) < 4.78 is 49.2. The fourth-order valence-corrected chi connectivity index (χ4v) is 3.42. The van der Waals surface area contributed by atoms with Gasteiger partial charge in [-0.2, -0.15) is 0 Å². The van der Waals surface area contributed by atoms with Gasteiger partial charge in [0, 0.05) is 20.0 Å². The maximum atomic E-state index is 13.7. The number of nitrogens with one attached hydrogen (secondary N) is 1. The number of methoxy groups -OCH3 is 1. The molecule has 31 heavy (non-hydrogen) atoms. The fraction of sp³-hybridized carbons (Fsp3) is 0.333. The third kappa shape index (κ3) is 7.04. The van der Waals surface area contributed by atoms with Crippen LogP contribution in [0.2, 0.25) is 0 Å². The topological polar surface area (TPSA) is 102 Å². The van der Waals surface area contributed by atoms with Crippen molar-refractivity contribution in [1.82, 2.24) is 9.62 Å². The minimum atomic E-state index is -3.51. The van der Waals surface area contributed by atoms with Crippen molar-refractivity contribution in [1.29, 1.82) is 0 Å². The van der Waals surface area contributed by atoms with Crippen LogP contribution in [0.5, 0.6) is 5.75 Å². The minimum absolute atomic E-state index is 0.0405. The van der Waals surface area contributed by atoms with Crippen LogP contribution in [0, 0.1) is 5.82 Å². The molecule has 0 aliphatic rings. The van der Waals surface area contributed by atoms with E-state index in [0.717, 1.165) is 5.56 Å². The molecule has 10 heteroatoms. The summed E-state index contributed by atoms with van der Waals surface area (Å²) in [5, 5.41) is 0. The highest BCUT2D eigenvalue weighted by atomic mass is 32.2. The summed E-state index contributed by atoms with van der Waals surface area (Å²) >= 11 is 0. The van der Waals surface area contributed by atoms with E-state index in [1.54, 1.807) is 18.2 Å². The van der Waals surface area contributed by atoms with Crippen molar-refractivity contribution in [2.24, 2.45) is 0 Å². The van der Waals surface area contributed by atoms with Crippen LogP contribution in [0.4, 0.5) is 4.39 Å². The number of benzene rings is 2. The van der Waals surface area contributed by atoms with Crippen LogP contribution < -0.4 is 9.46 Å². The molecule has 0 spiro atoms. The average molecular weight is 453 g/mol. The maximum Gasteiger partial charge on any atom is 0.306 e. The number of ether oxygens (including phenoxy) is 2. The Labute approximate surface area is 181 Å². The fourth-order valence-electron chi connectivity index (χ4n) is 2.69. The number of carbonyl (C=O) groups is 2. The summed E-state index contributed by atoms with van der Waals surface area (Å²) in [6, 6.07) is 10.5. The maximum absolute atomic E-state index is 13.7. The van der Waals surface area contributed by atoms with E-state index in [1.807, 2.05) is 0 Å². The highest BCUT2D eigenvalue weighted by Crippen LogP contribution is 2.18. The van der Waals surface area contributed by atoms with Gasteiger partial charge in [-0.15, -0.1) is 0 Å². The second kappa shape index (κ2) is 10.9. The molecule has 0 atom stereocenters. The lowest BCUT2D eigenvalue weighted by Gasteiger charge is -2.17. The van der Waals surface area contributed by atoms with Gasteiger partial charge in [-0.05, 0) is 48.9 Å². The molecule has 0 bridgehead atoms. The Morgan fingerprint density at radius 2 is 1.74 bits per heavy atom. The summed E-state index contributed by atoms with van der Waals surface area (Å²) in [6.45, 7) is -0.271. The second-order valence-corrected chi connectivity index (χ2v) is 8.62. The molecule has 0 aliphatic carbocycles. The van der Waals surface area contributed by atoms with Gasteiger partial charge < -0.3 is 14.4 Å². The predicted octanol–water partition coefficient (Wildman–Crippen LogP) is 1.88. The number of halogens is 1. The molecule has 0 aromatic heterocycles. The molecule has 0 heterocycles. The first kappa shape index (κ1) is 24.3. The first-order valence-corrected chi connectivity index (χ1v) is 10.9. The number of rotatable bonds is 10. The van der Waals surface area contributed by atoms with Crippen LogP contribution in [-0.4, -0.2) is 53.0 Å². The van der Waals surface area contributed by atoms with Gasteiger partial charge in [-0.1, -0.05) is 18.2 Å². The standard InChI is InChI=1S/C21H25FN2O6S/c1-23-31(27,28)17-8-4-15(5-9-17)7-11-21(26)30-14-20(25)24(2)13-16-6-10-19(29-3)18(22)12-16/h4-6,8-10,12,23H,7,11,13-14H2,1-3H3. The molecule has 0 aliphatic heterocycles. The predicted molar refractivity (Wildman–Crippen MR) is 111 cm³/mol. The van der Waals surface area contributed by atoms with Crippen LogP contribution in [0.3, 0.4) is 0 Å². The van der Waals surface area contributed by atoms with Gasteiger partial charge in [-0.3, -0.25) is 9.59 Å². The monoisotopic (exact) mass is 452 g/mol. The summed E-state index contributed by atoms with van der Waals surface area (Å²) in [6.07, 6.45) is 0.382. The Morgan fingerprint density at radius 1 is 1.10 bits per heavy atom. The minimum Gasteiger partial charge on any atom is -0.494 e. The summed E-state index contributed by atoms with van der Waals surface area (Å²) in [4.78, 5) is 25.5. The molecule has 0 saturated carbocycles. The second-order valence-electron chi connectivity index (χ2n) is 6.73. The van der Waals surface area contributed by atoms with Crippen molar-refractivity contribution >= 4 is 21.9 Å². The first-order valence-electron chi connectivity index (χ1n) is 9.40. The number of amides is 1. The Morgan fingerprint density at radius 3 is 2.32 bits per heavy atom. The van der Waals surface area contributed by atoms with Crippen LogP contribution in [0.25, 0.3) is 0 Å². The number of esters is 1. The van der Waals surface area contributed by atoms with E-state index in [2.05, 4.69) is 4.72 Å². The third-order valence-electron chi connectivity index (χ3n) is 4.54. The zero-order valence-corrected chi connectivity index (χ0v) is 18.4. The van der Waals surface area contributed by atoms with Gasteiger partial charge in [0.1, 0.15) is 0 Å². The lowest BCUT2D eigenvalue weighted by atomic mass is 10.1. The normalized spacial score (nSPS) is 11.1. The molecule has 1 N–H and O–H groups in total. The SMILES string of the molecule is CNS(=O)(=O)c1ccc(CCC(=O)OCC(=O)N(C)Cc2ccc(OC)c(F)c2)cc1. The summed E-state index contributed by atoms with van der Waals surface area (Å²) in [7, 11) is 0.708. The van der Waals surface area contributed by atoms with Crippen LogP contribution in [0.15, 0.2) is 47.4 Å². The van der Waals surface area contributed by atoms with Crippen molar-refractivity contribution in [3.05, 3.63) is 59.4 Å². The number of sulfonamides is 1. The lowest BCUT2D eigenvalue weighted by Crippen LogP contribution is -2.30. The van der Waals surface area contributed by atoms with Crippen molar-refractivity contribution < 1.29 is 31.9 Å². The molecule has 0 radical (unpaired) electrons. The van der Waals surface area contributed by atoms with E-state index in [0.29, 0.717) is 12.0 Å². The molecule has 0 saturated heterocycles.